The zero-order valence-electron chi connectivity index (χ0n) is 11.7. The van der Waals surface area contributed by atoms with Gasteiger partial charge in [-0.2, -0.15) is 4.31 Å². The smallest absolute Gasteiger partial charge is 0.243 e. The molecule has 1 aromatic heterocycles. The predicted molar refractivity (Wildman–Crippen MR) is 79.8 cm³/mol. The molecule has 0 aliphatic heterocycles. The summed E-state index contributed by atoms with van der Waals surface area (Å²) in [7, 11) is -2.38. The Balaban J connectivity index is 2.35. The molecule has 0 saturated carbocycles. The van der Waals surface area contributed by atoms with Crippen LogP contribution in [0.15, 0.2) is 28.5 Å². The Kier molecular flexibility index (Phi) is 4.72. The summed E-state index contributed by atoms with van der Waals surface area (Å²) in [6, 6.07) is 3.59. The van der Waals surface area contributed by atoms with Crippen LogP contribution in [0.5, 0.6) is 0 Å². The number of hydrogen-bond acceptors (Lipinski definition) is 5. The molecule has 0 atom stereocenters. The quantitative estimate of drug-likeness (QED) is 0.908. The number of nitrogens with zero attached hydrogens (tertiary/aromatic N) is 2. The number of benzene rings is 1. The third-order valence-corrected chi connectivity index (χ3v) is 5.70. The van der Waals surface area contributed by atoms with Crippen LogP contribution >= 0.6 is 11.3 Å². The van der Waals surface area contributed by atoms with Gasteiger partial charge in [-0.25, -0.2) is 17.8 Å². The first-order chi connectivity index (χ1) is 9.84. The summed E-state index contributed by atoms with van der Waals surface area (Å²) in [5, 5.41) is 2.67. The monoisotopic (exact) mass is 329 g/mol. The molecule has 8 heteroatoms. The summed E-state index contributed by atoms with van der Waals surface area (Å²) in [6.07, 6.45) is 0. The number of nitrogens with two attached hydrogens (primary N) is 1. The number of halogens is 1. The molecule has 0 aliphatic carbocycles. The number of rotatable bonds is 5. The van der Waals surface area contributed by atoms with Gasteiger partial charge in [-0.1, -0.05) is 6.07 Å². The van der Waals surface area contributed by atoms with Gasteiger partial charge in [0.15, 0.2) is 0 Å². The Hall–Kier alpha value is -1.35. The highest BCUT2D eigenvalue weighted by Crippen LogP contribution is 2.22. The second-order valence-electron chi connectivity index (χ2n) is 4.58. The number of sulfonamides is 1. The van der Waals surface area contributed by atoms with E-state index in [4.69, 9.17) is 5.73 Å². The molecule has 0 saturated heterocycles. The Morgan fingerprint density at radius 3 is 2.71 bits per heavy atom. The second kappa shape index (κ2) is 6.18. The van der Waals surface area contributed by atoms with Gasteiger partial charge >= 0.3 is 0 Å². The van der Waals surface area contributed by atoms with Crippen LogP contribution in [0.3, 0.4) is 0 Å². The number of aryl methyl sites for hydroxylation is 1. The fraction of sp³-hybridized carbons (Fsp3) is 0.308. The summed E-state index contributed by atoms with van der Waals surface area (Å²) in [5.41, 5.74) is 6.59. The van der Waals surface area contributed by atoms with Crippen molar-refractivity contribution in [2.75, 3.05) is 7.05 Å². The molecule has 2 aromatic rings. The molecule has 1 aromatic carbocycles. The third kappa shape index (κ3) is 3.46. The molecule has 5 nitrogen and oxygen atoms in total. The molecule has 2 rings (SSSR count). The van der Waals surface area contributed by atoms with Gasteiger partial charge in [0.05, 0.1) is 22.1 Å². The topological polar surface area (TPSA) is 76.3 Å². The highest BCUT2D eigenvalue weighted by atomic mass is 32.2. The van der Waals surface area contributed by atoms with E-state index < -0.39 is 15.8 Å². The van der Waals surface area contributed by atoms with Gasteiger partial charge in [-0.15, -0.1) is 11.3 Å². The maximum absolute atomic E-state index is 13.4. The second-order valence-corrected chi connectivity index (χ2v) is 7.65. The zero-order valence-corrected chi connectivity index (χ0v) is 13.3. The SMILES string of the molecule is Cc1nc(CN(C)S(=O)(=O)c2cc(F)ccc2CN)cs1. The Bertz CT molecular complexity index is 744. The van der Waals surface area contributed by atoms with Crippen LogP contribution in [-0.4, -0.2) is 24.8 Å². The number of aromatic nitrogens is 1. The first-order valence-corrected chi connectivity index (χ1v) is 8.52. The third-order valence-electron chi connectivity index (χ3n) is 2.99. The van der Waals surface area contributed by atoms with E-state index in [2.05, 4.69) is 4.98 Å². The number of hydrogen-bond donors (Lipinski definition) is 1. The minimum atomic E-state index is -3.82. The molecular formula is C13H16FN3O2S2. The summed E-state index contributed by atoms with van der Waals surface area (Å²) in [6.45, 7) is 2.01. The molecule has 0 bridgehead atoms. The van der Waals surface area contributed by atoms with Crippen molar-refractivity contribution in [3.05, 3.63) is 45.7 Å². The normalized spacial score (nSPS) is 12.0. The molecule has 0 spiro atoms. The minimum Gasteiger partial charge on any atom is -0.326 e. The molecule has 0 amide bonds. The van der Waals surface area contributed by atoms with Crippen molar-refractivity contribution in [3.63, 3.8) is 0 Å². The van der Waals surface area contributed by atoms with Gasteiger partial charge in [-0.05, 0) is 24.6 Å². The highest BCUT2D eigenvalue weighted by Gasteiger charge is 2.24. The molecule has 0 radical (unpaired) electrons. The van der Waals surface area contributed by atoms with E-state index in [0.717, 1.165) is 15.4 Å². The van der Waals surface area contributed by atoms with Crippen molar-refractivity contribution in [1.29, 1.82) is 0 Å². The fourth-order valence-corrected chi connectivity index (χ4v) is 3.89. The van der Waals surface area contributed by atoms with Crippen molar-refractivity contribution in [3.8, 4) is 0 Å². The lowest BCUT2D eigenvalue weighted by atomic mass is 10.2. The molecule has 0 fully saturated rings. The fourth-order valence-electron chi connectivity index (χ4n) is 1.90. The largest absolute Gasteiger partial charge is 0.326 e. The average Bonchev–Trinajstić information content (AvgIpc) is 2.84. The zero-order chi connectivity index (χ0) is 15.6. The Morgan fingerprint density at radius 2 is 2.14 bits per heavy atom. The van der Waals surface area contributed by atoms with Gasteiger partial charge in [0.2, 0.25) is 10.0 Å². The van der Waals surface area contributed by atoms with E-state index >= 15 is 0 Å². The van der Waals surface area contributed by atoms with Gasteiger partial charge in [0, 0.05) is 19.0 Å². The van der Waals surface area contributed by atoms with Gasteiger partial charge < -0.3 is 5.73 Å². The van der Waals surface area contributed by atoms with Crippen LogP contribution in [0.25, 0.3) is 0 Å². The van der Waals surface area contributed by atoms with E-state index in [1.54, 1.807) is 5.38 Å². The molecule has 114 valence electrons. The van der Waals surface area contributed by atoms with E-state index in [-0.39, 0.29) is 18.0 Å². The van der Waals surface area contributed by atoms with Crippen LogP contribution in [0.1, 0.15) is 16.3 Å². The average molecular weight is 329 g/mol. The minimum absolute atomic E-state index is 0.0263. The maximum atomic E-state index is 13.4. The van der Waals surface area contributed by atoms with Gasteiger partial charge in [0.25, 0.3) is 0 Å². The summed E-state index contributed by atoms with van der Waals surface area (Å²) >= 11 is 1.45. The first-order valence-electron chi connectivity index (χ1n) is 6.20. The van der Waals surface area contributed by atoms with Crippen LogP contribution in [0.2, 0.25) is 0 Å². The molecule has 1 heterocycles. The highest BCUT2D eigenvalue weighted by molar-refractivity contribution is 7.89. The number of thiazole rings is 1. The van der Waals surface area contributed by atoms with Crippen molar-refractivity contribution in [2.24, 2.45) is 5.73 Å². The molecule has 2 N–H and O–H groups in total. The van der Waals surface area contributed by atoms with E-state index in [0.29, 0.717) is 11.3 Å². The lowest BCUT2D eigenvalue weighted by Gasteiger charge is -2.18. The Labute approximate surface area is 127 Å². The Morgan fingerprint density at radius 1 is 1.43 bits per heavy atom. The first kappa shape index (κ1) is 16.0. The summed E-state index contributed by atoms with van der Waals surface area (Å²) in [4.78, 5) is 4.13. The van der Waals surface area contributed by atoms with E-state index in [1.807, 2.05) is 6.92 Å². The van der Waals surface area contributed by atoms with Crippen LogP contribution in [0, 0.1) is 12.7 Å². The van der Waals surface area contributed by atoms with E-state index in [9.17, 15) is 12.8 Å². The molecule has 0 unspecified atom stereocenters. The lowest BCUT2D eigenvalue weighted by molar-refractivity contribution is 0.461. The summed E-state index contributed by atoms with van der Waals surface area (Å²) < 4.78 is 39.6. The lowest BCUT2D eigenvalue weighted by Crippen LogP contribution is -2.28. The predicted octanol–water partition coefficient (Wildman–Crippen LogP) is 1.87. The van der Waals surface area contributed by atoms with Crippen molar-refractivity contribution >= 4 is 21.4 Å². The van der Waals surface area contributed by atoms with Crippen molar-refractivity contribution < 1.29 is 12.8 Å². The summed E-state index contributed by atoms with van der Waals surface area (Å²) in [5.74, 6) is -0.608. The van der Waals surface area contributed by atoms with Crippen molar-refractivity contribution in [2.45, 2.75) is 24.9 Å². The maximum Gasteiger partial charge on any atom is 0.243 e. The van der Waals surface area contributed by atoms with Gasteiger partial charge in [0.1, 0.15) is 5.82 Å². The van der Waals surface area contributed by atoms with Crippen LogP contribution < -0.4 is 5.73 Å². The van der Waals surface area contributed by atoms with E-state index in [1.165, 1.54) is 30.5 Å². The standard InChI is InChI=1S/C13H16FN3O2S2/c1-9-16-12(8-20-9)7-17(2)21(18,19)13-5-11(14)4-3-10(13)6-15/h3-5,8H,6-7,15H2,1-2H3. The molecular weight excluding hydrogens is 313 g/mol. The molecule has 0 aliphatic rings. The molecule has 21 heavy (non-hydrogen) atoms. The van der Waals surface area contributed by atoms with Crippen LogP contribution in [-0.2, 0) is 23.1 Å². The van der Waals surface area contributed by atoms with Crippen LogP contribution in [0.4, 0.5) is 4.39 Å². The van der Waals surface area contributed by atoms with Crippen molar-refractivity contribution in [1.82, 2.24) is 9.29 Å². The van der Waals surface area contributed by atoms with Gasteiger partial charge in [-0.3, -0.25) is 0 Å².